The van der Waals surface area contributed by atoms with Crippen molar-refractivity contribution >= 4 is 23.5 Å². The number of nitriles is 1. The van der Waals surface area contributed by atoms with Crippen LogP contribution in [0.3, 0.4) is 0 Å². The summed E-state index contributed by atoms with van der Waals surface area (Å²) < 4.78 is 11.1. The largest absolute Gasteiger partial charge is 0.490 e. The van der Waals surface area contributed by atoms with E-state index in [4.69, 9.17) is 14.4 Å². The minimum atomic E-state index is -0.0665. The number of aromatic nitrogens is 2. The summed E-state index contributed by atoms with van der Waals surface area (Å²) in [4.78, 5) is 16.2. The zero-order valence-electron chi connectivity index (χ0n) is 23.5. The molecule has 0 bridgehead atoms. The molecule has 0 radical (unpaired) electrons. The fourth-order valence-electron chi connectivity index (χ4n) is 4.21. The van der Waals surface area contributed by atoms with Crippen LogP contribution in [0.25, 0.3) is 22.8 Å². The molecule has 4 aromatic rings. The average molecular weight is 558 g/mol. The van der Waals surface area contributed by atoms with Crippen LogP contribution in [-0.2, 0) is 17.6 Å². The summed E-state index contributed by atoms with van der Waals surface area (Å²) in [5.74, 6) is 1.50. The molecule has 208 valence electrons. The quantitative estimate of drug-likeness (QED) is 0.239. The fraction of sp³-hybridized carbons (Fsp3) is 0.290. The highest BCUT2D eigenvalue weighted by Gasteiger charge is 2.20. The number of carbonyl (C=O) groups is 1. The van der Waals surface area contributed by atoms with E-state index >= 15 is 0 Å². The predicted molar refractivity (Wildman–Crippen MR) is 160 cm³/mol. The molecule has 3 aromatic carbocycles. The first kappa shape index (κ1) is 30.4. The van der Waals surface area contributed by atoms with Gasteiger partial charge in [0.1, 0.15) is 11.8 Å². The molecular formula is C31H35N5O3S. The van der Waals surface area contributed by atoms with Crippen molar-refractivity contribution in [3.8, 4) is 34.7 Å². The summed E-state index contributed by atoms with van der Waals surface area (Å²) >= 11 is 1.18. The fourth-order valence-corrected chi connectivity index (χ4v) is 4.50. The smallest absolute Gasteiger partial charge is 0.258 e. The van der Waals surface area contributed by atoms with E-state index in [2.05, 4.69) is 27.6 Å². The maximum atomic E-state index is 10.6. The molecular weight excluding hydrogens is 522 g/mol. The number of hydrogen-bond acceptors (Lipinski definition) is 8. The third-order valence-corrected chi connectivity index (χ3v) is 6.38. The molecule has 0 saturated carbocycles. The predicted octanol–water partition coefficient (Wildman–Crippen LogP) is 7.19. The Morgan fingerprint density at radius 1 is 1.12 bits per heavy atom. The van der Waals surface area contributed by atoms with Crippen molar-refractivity contribution in [2.75, 3.05) is 5.32 Å². The van der Waals surface area contributed by atoms with Gasteiger partial charge >= 0.3 is 0 Å². The van der Waals surface area contributed by atoms with Gasteiger partial charge in [-0.15, -0.1) is 0 Å². The highest BCUT2D eigenvalue weighted by molar-refractivity contribution is 7.97. The molecule has 1 amide bonds. The van der Waals surface area contributed by atoms with E-state index in [-0.39, 0.29) is 12.0 Å². The second kappa shape index (κ2) is 14.9. The van der Waals surface area contributed by atoms with Crippen molar-refractivity contribution in [3.63, 3.8) is 0 Å². The lowest BCUT2D eigenvalue weighted by molar-refractivity contribution is -0.114. The van der Waals surface area contributed by atoms with Gasteiger partial charge in [0.05, 0.1) is 11.7 Å². The van der Waals surface area contributed by atoms with E-state index in [0.29, 0.717) is 28.6 Å². The number of nitrogens with zero attached hydrogens (tertiary/aromatic N) is 3. The summed E-state index contributed by atoms with van der Waals surface area (Å²) in [6, 6.07) is 21.1. The lowest BCUT2D eigenvalue weighted by atomic mass is 10.0. The molecule has 0 spiro atoms. The van der Waals surface area contributed by atoms with Crippen molar-refractivity contribution in [1.29, 1.82) is 5.26 Å². The third kappa shape index (κ3) is 7.94. The Hall–Kier alpha value is -4.13. The van der Waals surface area contributed by atoms with E-state index in [1.54, 1.807) is 12.1 Å². The van der Waals surface area contributed by atoms with Crippen molar-refractivity contribution in [3.05, 3.63) is 77.4 Å². The van der Waals surface area contributed by atoms with Crippen LogP contribution in [0.15, 0.2) is 70.1 Å². The molecule has 0 unspecified atom stereocenters. The van der Waals surface area contributed by atoms with Crippen LogP contribution in [0.4, 0.5) is 5.69 Å². The molecule has 1 aliphatic carbocycles. The van der Waals surface area contributed by atoms with Gasteiger partial charge in [0.15, 0.2) is 0 Å². The van der Waals surface area contributed by atoms with E-state index in [1.807, 2.05) is 70.2 Å². The van der Waals surface area contributed by atoms with E-state index in [1.165, 1.54) is 36.4 Å². The lowest BCUT2D eigenvalue weighted by Crippen LogP contribution is -2.06. The number of fused-ring (bicyclic) bond motifs is 1. The summed E-state index contributed by atoms with van der Waals surface area (Å²) in [7, 11) is 0. The highest BCUT2D eigenvalue weighted by Crippen LogP contribution is 2.33. The van der Waals surface area contributed by atoms with Gasteiger partial charge < -0.3 is 14.6 Å². The number of nitrogens with one attached hydrogen (secondary N) is 1. The molecule has 3 N–H and O–H groups in total. The molecule has 0 saturated heterocycles. The minimum absolute atomic E-state index is 0.00290. The van der Waals surface area contributed by atoms with Gasteiger partial charge in [0.2, 0.25) is 11.7 Å². The molecule has 0 aliphatic heterocycles. The first-order valence-electron chi connectivity index (χ1n) is 13.3. The third-order valence-electron chi connectivity index (χ3n) is 5.83. The van der Waals surface area contributed by atoms with Crippen LogP contribution in [-0.4, -0.2) is 22.2 Å². The first-order chi connectivity index (χ1) is 19.4. The number of benzene rings is 3. The second-order valence-electron chi connectivity index (χ2n) is 9.03. The average Bonchev–Trinajstić information content (AvgIpc) is 3.65. The Kier molecular flexibility index (Phi) is 11.3. The van der Waals surface area contributed by atoms with Crippen molar-refractivity contribution in [2.45, 2.75) is 64.9 Å². The van der Waals surface area contributed by atoms with Gasteiger partial charge in [-0.25, -0.2) is 0 Å². The van der Waals surface area contributed by atoms with Gasteiger partial charge in [-0.2, -0.15) is 10.2 Å². The van der Waals surface area contributed by atoms with Crippen LogP contribution in [0, 0.1) is 11.3 Å². The summed E-state index contributed by atoms with van der Waals surface area (Å²) in [5, 5.41) is 21.6. The van der Waals surface area contributed by atoms with Crippen molar-refractivity contribution < 1.29 is 14.1 Å². The number of hydrogen-bond donors (Lipinski definition) is 2. The van der Waals surface area contributed by atoms with Crippen LogP contribution >= 0.6 is 11.9 Å². The number of anilines is 1. The number of ether oxygens (including phenoxy) is 1. The van der Waals surface area contributed by atoms with E-state index in [0.717, 1.165) is 29.0 Å². The second-order valence-corrected chi connectivity index (χ2v) is 9.74. The molecule has 0 atom stereocenters. The van der Waals surface area contributed by atoms with Crippen LogP contribution in [0.1, 0.15) is 57.7 Å². The standard InChI is InChI=1S/C21H19N3O2.C8H10N2OS.C2H6/c1-13(2)25-19-10-9-15(11-16(19)12-22)21-23-20(24-26-21)18-8-4-6-14-5-3-7-17(14)18;1-6(11)10-7-2-4-8(12-9)5-3-7;1-2/h4,6,8-11,13H,3,5,7H2,1-2H3;2-5H,9H2,1H3,(H,10,11);1-2H3. The Bertz CT molecular complexity index is 1460. The maximum Gasteiger partial charge on any atom is 0.258 e. The number of aryl methyl sites for hydroxylation is 1. The zero-order chi connectivity index (χ0) is 29.1. The van der Waals surface area contributed by atoms with Gasteiger partial charge in [0, 0.05) is 28.6 Å². The van der Waals surface area contributed by atoms with Crippen LogP contribution in [0.5, 0.6) is 5.75 Å². The Labute approximate surface area is 240 Å². The minimum Gasteiger partial charge on any atom is -0.490 e. The Balaban J connectivity index is 0.000000265. The molecule has 8 nitrogen and oxygen atoms in total. The monoisotopic (exact) mass is 557 g/mol. The van der Waals surface area contributed by atoms with Gasteiger partial charge in [-0.3, -0.25) is 9.93 Å². The van der Waals surface area contributed by atoms with Crippen LogP contribution in [0.2, 0.25) is 0 Å². The number of amides is 1. The lowest BCUT2D eigenvalue weighted by Gasteiger charge is -2.11. The summed E-state index contributed by atoms with van der Waals surface area (Å²) in [6.07, 6.45) is 3.33. The van der Waals surface area contributed by atoms with E-state index < -0.39 is 0 Å². The number of rotatable bonds is 6. The molecule has 5 rings (SSSR count). The Morgan fingerprint density at radius 2 is 1.88 bits per heavy atom. The summed E-state index contributed by atoms with van der Waals surface area (Å²) in [5.41, 5.74) is 5.69. The molecule has 1 aromatic heterocycles. The van der Waals surface area contributed by atoms with Gasteiger partial charge in [0.25, 0.3) is 5.89 Å². The normalized spacial score (nSPS) is 11.3. The SMILES string of the molecule is CC.CC(=O)Nc1ccc(SN)cc1.CC(C)Oc1ccc(-c2nc(-c3cccc4c3CCC4)no2)cc1C#N. The summed E-state index contributed by atoms with van der Waals surface area (Å²) in [6.45, 7) is 9.33. The molecule has 1 aliphatic rings. The molecule has 9 heteroatoms. The molecule has 1 heterocycles. The van der Waals surface area contributed by atoms with Gasteiger partial charge in [-0.05, 0) is 98.6 Å². The van der Waals surface area contributed by atoms with Crippen LogP contribution < -0.4 is 15.2 Å². The maximum absolute atomic E-state index is 10.6. The number of carbonyl (C=O) groups excluding carboxylic acids is 1. The molecule has 0 fully saturated rings. The first-order valence-corrected chi connectivity index (χ1v) is 14.2. The highest BCUT2D eigenvalue weighted by atomic mass is 32.2. The molecule has 40 heavy (non-hydrogen) atoms. The zero-order valence-corrected chi connectivity index (χ0v) is 24.3. The van der Waals surface area contributed by atoms with E-state index in [9.17, 15) is 10.1 Å². The number of nitrogens with two attached hydrogens (primary N) is 1. The van der Waals surface area contributed by atoms with Crippen molar-refractivity contribution in [1.82, 2.24) is 10.1 Å². The Morgan fingerprint density at radius 3 is 2.52 bits per heavy atom. The van der Waals surface area contributed by atoms with Crippen molar-refractivity contribution in [2.24, 2.45) is 5.14 Å². The van der Waals surface area contributed by atoms with Gasteiger partial charge in [-0.1, -0.05) is 37.2 Å². The topological polar surface area (TPSA) is 127 Å².